The van der Waals surface area contributed by atoms with Crippen LogP contribution in [0.5, 0.6) is 0 Å². The Labute approximate surface area is 93.1 Å². The molecule has 14 heavy (non-hydrogen) atoms. The summed E-state index contributed by atoms with van der Waals surface area (Å²) in [4.78, 5) is 4.36. The smallest absolute Gasteiger partial charge is 0.179 e. The van der Waals surface area contributed by atoms with E-state index >= 15 is 0 Å². The zero-order valence-corrected chi connectivity index (χ0v) is 9.95. The van der Waals surface area contributed by atoms with E-state index in [1.54, 1.807) is 4.68 Å². The highest BCUT2D eigenvalue weighted by Crippen LogP contribution is 2.13. The lowest BCUT2D eigenvalue weighted by atomic mass is 10.5. The van der Waals surface area contributed by atoms with E-state index in [2.05, 4.69) is 14.5 Å². The molecule has 0 fully saturated rings. The quantitative estimate of drug-likeness (QED) is 0.724. The van der Waals surface area contributed by atoms with Crippen LogP contribution in [-0.2, 0) is 7.05 Å². The van der Waals surface area contributed by atoms with Crippen LogP contribution in [0.15, 0.2) is 11.1 Å². The molecule has 0 amide bonds. The molecule has 2 heterocycles. The Morgan fingerprint density at radius 1 is 1.57 bits per heavy atom. The Balaban J connectivity index is 2.53. The fourth-order valence-corrected chi connectivity index (χ4v) is 3.01. The van der Waals surface area contributed by atoms with Crippen molar-refractivity contribution in [3.63, 3.8) is 0 Å². The molecule has 0 aliphatic carbocycles. The van der Waals surface area contributed by atoms with E-state index in [1.807, 2.05) is 20.0 Å². The van der Waals surface area contributed by atoms with Gasteiger partial charge in [0.2, 0.25) is 0 Å². The Bertz CT molecular complexity index is 510. The first-order chi connectivity index (χ1) is 6.66. The molecular weight excluding hydrogens is 240 g/mol. The van der Waals surface area contributed by atoms with Crippen molar-refractivity contribution in [2.75, 3.05) is 0 Å². The van der Waals surface area contributed by atoms with Crippen LogP contribution in [0, 0.1) is 6.92 Å². The van der Waals surface area contributed by atoms with Crippen molar-refractivity contribution in [1.82, 2.24) is 14.2 Å². The largest absolute Gasteiger partial charge is 0.251 e. The standard InChI is InChI=1S/C7H7ClN4S2/c1-4-3-5(12(2)10-4)9-7-6(8)11-14-13-7/h3H,1-2H3. The van der Waals surface area contributed by atoms with Gasteiger partial charge in [0.15, 0.2) is 15.6 Å². The summed E-state index contributed by atoms with van der Waals surface area (Å²) < 4.78 is 6.41. The maximum atomic E-state index is 5.84. The highest BCUT2D eigenvalue weighted by atomic mass is 35.5. The Kier molecular flexibility index (Phi) is 2.66. The summed E-state index contributed by atoms with van der Waals surface area (Å²) in [6.07, 6.45) is 0. The minimum Gasteiger partial charge on any atom is -0.251 e. The maximum absolute atomic E-state index is 5.84. The Hall–Kier alpha value is -0.720. The average Bonchev–Trinajstić information content (AvgIpc) is 2.62. The van der Waals surface area contributed by atoms with Crippen LogP contribution < -0.4 is 4.67 Å². The molecule has 2 aromatic rings. The molecule has 4 nitrogen and oxygen atoms in total. The maximum Gasteiger partial charge on any atom is 0.179 e. The lowest BCUT2D eigenvalue weighted by molar-refractivity contribution is 0.757. The highest BCUT2D eigenvalue weighted by Gasteiger charge is 2.01. The molecule has 0 radical (unpaired) electrons. The van der Waals surface area contributed by atoms with Gasteiger partial charge < -0.3 is 0 Å². The summed E-state index contributed by atoms with van der Waals surface area (Å²) in [6, 6.07) is 1.90. The molecule has 0 spiro atoms. The van der Waals surface area contributed by atoms with Crippen molar-refractivity contribution in [3.05, 3.63) is 21.6 Å². The summed E-state index contributed by atoms with van der Waals surface area (Å²) in [5.41, 5.74) is 0.940. The van der Waals surface area contributed by atoms with E-state index in [1.165, 1.54) is 20.9 Å². The zero-order valence-electron chi connectivity index (χ0n) is 7.56. The van der Waals surface area contributed by atoms with E-state index in [4.69, 9.17) is 11.6 Å². The molecule has 0 N–H and O–H groups in total. The van der Waals surface area contributed by atoms with Crippen LogP contribution >= 0.6 is 32.5 Å². The van der Waals surface area contributed by atoms with Crippen LogP contribution in [0.25, 0.3) is 0 Å². The molecule has 2 rings (SSSR count). The van der Waals surface area contributed by atoms with Crippen molar-refractivity contribution in [1.29, 1.82) is 0 Å². The summed E-state index contributed by atoms with van der Waals surface area (Å²) in [5, 5.41) is 4.65. The molecule has 0 unspecified atom stereocenters. The molecule has 2 aromatic heterocycles. The number of aryl methyl sites for hydroxylation is 2. The first kappa shape index (κ1) is 9.82. The second-order valence-electron chi connectivity index (χ2n) is 2.72. The number of hydrogen-bond donors (Lipinski definition) is 0. The van der Waals surface area contributed by atoms with Crippen LogP contribution in [0.2, 0.25) is 5.15 Å². The molecule has 0 saturated heterocycles. The molecule has 0 atom stereocenters. The molecule has 0 aliphatic heterocycles. The monoisotopic (exact) mass is 246 g/mol. The average molecular weight is 247 g/mol. The molecule has 74 valence electrons. The molecule has 0 bridgehead atoms. The number of aromatic nitrogens is 3. The SMILES string of the molecule is Cc1cc(N=c2ssnc2Cl)n(C)n1. The zero-order chi connectivity index (χ0) is 10.1. The van der Waals surface area contributed by atoms with Crippen LogP contribution in [-0.4, -0.2) is 14.2 Å². The fourth-order valence-electron chi connectivity index (χ4n) is 1.03. The summed E-state index contributed by atoms with van der Waals surface area (Å²) in [6.45, 7) is 1.93. The molecule has 0 aromatic carbocycles. The first-order valence-corrected chi connectivity index (χ1v) is 6.32. The summed E-state index contributed by atoms with van der Waals surface area (Å²) >= 11 is 5.84. The highest BCUT2D eigenvalue weighted by molar-refractivity contribution is 7.66. The fraction of sp³-hybridized carbons (Fsp3) is 0.286. The molecular formula is C7H7ClN4S2. The van der Waals surface area contributed by atoms with Crippen LogP contribution in [0.1, 0.15) is 5.69 Å². The lowest BCUT2D eigenvalue weighted by Crippen LogP contribution is -1.96. The van der Waals surface area contributed by atoms with Gasteiger partial charge in [0.25, 0.3) is 0 Å². The van der Waals surface area contributed by atoms with Gasteiger partial charge in [-0.25, -0.2) is 4.99 Å². The minimum atomic E-state index is 0.457. The number of halogens is 1. The second-order valence-corrected chi connectivity index (χ2v) is 4.91. The van der Waals surface area contributed by atoms with Gasteiger partial charge >= 0.3 is 0 Å². The van der Waals surface area contributed by atoms with Gasteiger partial charge in [0.1, 0.15) is 0 Å². The van der Waals surface area contributed by atoms with Gasteiger partial charge in [-0.1, -0.05) is 11.6 Å². The Morgan fingerprint density at radius 2 is 2.36 bits per heavy atom. The third-order valence-electron chi connectivity index (χ3n) is 1.60. The van der Waals surface area contributed by atoms with Crippen molar-refractivity contribution in [2.24, 2.45) is 12.0 Å². The van der Waals surface area contributed by atoms with E-state index in [0.29, 0.717) is 5.15 Å². The van der Waals surface area contributed by atoms with E-state index < -0.39 is 0 Å². The van der Waals surface area contributed by atoms with Crippen molar-refractivity contribution in [3.8, 4) is 0 Å². The van der Waals surface area contributed by atoms with E-state index in [9.17, 15) is 0 Å². The normalized spacial score (nSPS) is 12.4. The van der Waals surface area contributed by atoms with Crippen LogP contribution in [0.4, 0.5) is 5.82 Å². The minimum absolute atomic E-state index is 0.457. The molecule has 0 saturated carbocycles. The number of nitrogens with zero attached hydrogens (tertiary/aromatic N) is 4. The number of rotatable bonds is 1. The predicted molar refractivity (Wildman–Crippen MR) is 58.2 cm³/mol. The van der Waals surface area contributed by atoms with E-state index in [-0.39, 0.29) is 0 Å². The summed E-state index contributed by atoms with van der Waals surface area (Å²) in [5.74, 6) is 0.792. The third kappa shape index (κ3) is 1.87. The van der Waals surface area contributed by atoms with Gasteiger partial charge in [-0.2, -0.15) is 9.47 Å². The van der Waals surface area contributed by atoms with Gasteiger partial charge in [0.05, 0.1) is 5.69 Å². The number of hydrogen-bond acceptors (Lipinski definition) is 5. The second kappa shape index (κ2) is 3.80. The Morgan fingerprint density at radius 3 is 2.86 bits per heavy atom. The van der Waals surface area contributed by atoms with Gasteiger partial charge in [-0.3, -0.25) is 4.68 Å². The van der Waals surface area contributed by atoms with Gasteiger partial charge in [-0.05, 0) is 17.3 Å². The lowest BCUT2D eigenvalue weighted by Gasteiger charge is -1.90. The van der Waals surface area contributed by atoms with Gasteiger partial charge in [-0.15, -0.1) is 0 Å². The summed E-state index contributed by atoms with van der Waals surface area (Å²) in [7, 11) is 4.64. The first-order valence-electron chi connectivity index (χ1n) is 3.83. The van der Waals surface area contributed by atoms with Crippen LogP contribution in [0.3, 0.4) is 0 Å². The van der Waals surface area contributed by atoms with Gasteiger partial charge in [0, 0.05) is 23.7 Å². The van der Waals surface area contributed by atoms with Crippen molar-refractivity contribution < 1.29 is 0 Å². The van der Waals surface area contributed by atoms with E-state index in [0.717, 1.165) is 16.2 Å². The van der Waals surface area contributed by atoms with Crippen molar-refractivity contribution >= 4 is 38.3 Å². The molecule has 0 aliphatic rings. The topological polar surface area (TPSA) is 43.1 Å². The predicted octanol–water partition coefficient (Wildman–Crippen LogP) is 2.13. The molecule has 7 heteroatoms. The third-order valence-corrected chi connectivity index (χ3v) is 3.77. The van der Waals surface area contributed by atoms with Crippen molar-refractivity contribution in [2.45, 2.75) is 6.92 Å².